The SMILES string of the molecule is CC(C)Oc1ccccc1CN1CCN(C(=O)c2ccco2)CC1. The van der Waals surface area contributed by atoms with E-state index < -0.39 is 0 Å². The molecule has 1 saturated heterocycles. The highest BCUT2D eigenvalue weighted by atomic mass is 16.5. The van der Waals surface area contributed by atoms with Crippen LogP contribution in [0.3, 0.4) is 0 Å². The molecule has 1 aromatic heterocycles. The van der Waals surface area contributed by atoms with Crippen molar-refractivity contribution < 1.29 is 13.9 Å². The van der Waals surface area contributed by atoms with Gasteiger partial charge in [-0.3, -0.25) is 9.69 Å². The van der Waals surface area contributed by atoms with Gasteiger partial charge in [0.25, 0.3) is 5.91 Å². The largest absolute Gasteiger partial charge is 0.491 e. The Morgan fingerprint density at radius 3 is 2.54 bits per heavy atom. The third kappa shape index (κ3) is 3.97. The number of carbonyl (C=O) groups is 1. The van der Waals surface area contributed by atoms with Crippen LogP contribution in [0, 0.1) is 0 Å². The number of ether oxygens (including phenoxy) is 1. The first-order valence-corrected chi connectivity index (χ1v) is 8.43. The molecule has 2 heterocycles. The number of rotatable bonds is 5. The molecule has 5 heteroatoms. The summed E-state index contributed by atoms with van der Waals surface area (Å²) in [5, 5.41) is 0. The molecule has 0 bridgehead atoms. The minimum atomic E-state index is -0.0248. The Labute approximate surface area is 142 Å². The number of amides is 1. The summed E-state index contributed by atoms with van der Waals surface area (Å²) in [5.41, 5.74) is 1.19. The Bertz CT molecular complexity index is 659. The topological polar surface area (TPSA) is 45.9 Å². The molecule has 3 rings (SSSR count). The summed E-state index contributed by atoms with van der Waals surface area (Å²) in [6.45, 7) is 8.04. The van der Waals surface area contributed by atoms with Crippen LogP contribution in [0.1, 0.15) is 30.0 Å². The number of benzene rings is 1. The number of nitrogens with zero attached hydrogens (tertiary/aromatic N) is 2. The third-order valence-electron chi connectivity index (χ3n) is 4.12. The van der Waals surface area contributed by atoms with E-state index in [2.05, 4.69) is 11.0 Å². The van der Waals surface area contributed by atoms with Crippen molar-refractivity contribution in [2.75, 3.05) is 26.2 Å². The Morgan fingerprint density at radius 2 is 1.88 bits per heavy atom. The van der Waals surface area contributed by atoms with Crippen molar-refractivity contribution in [1.82, 2.24) is 9.80 Å². The van der Waals surface area contributed by atoms with Crippen LogP contribution in [-0.2, 0) is 6.54 Å². The van der Waals surface area contributed by atoms with E-state index in [-0.39, 0.29) is 12.0 Å². The van der Waals surface area contributed by atoms with Crippen LogP contribution in [0.25, 0.3) is 0 Å². The average Bonchev–Trinajstić information content (AvgIpc) is 3.11. The number of hydrogen-bond acceptors (Lipinski definition) is 4. The highest BCUT2D eigenvalue weighted by Crippen LogP contribution is 2.22. The van der Waals surface area contributed by atoms with Crippen LogP contribution in [0.4, 0.5) is 0 Å². The zero-order chi connectivity index (χ0) is 16.9. The second-order valence-electron chi connectivity index (χ2n) is 6.32. The molecular weight excluding hydrogens is 304 g/mol. The van der Waals surface area contributed by atoms with Gasteiger partial charge in [0.15, 0.2) is 5.76 Å². The fourth-order valence-corrected chi connectivity index (χ4v) is 2.91. The van der Waals surface area contributed by atoms with Crippen LogP contribution in [0.5, 0.6) is 5.75 Å². The molecule has 1 aliphatic rings. The molecule has 0 aliphatic carbocycles. The zero-order valence-corrected chi connectivity index (χ0v) is 14.3. The lowest BCUT2D eigenvalue weighted by atomic mass is 10.1. The second-order valence-corrected chi connectivity index (χ2v) is 6.32. The standard InChI is InChI=1S/C19H24N2O3/c1-15(2)24-17-7-4-3-6-16(17)14-20-9-11-21(12-10-20)19(22)18-8-5-13-23-18/h3-8,13,15H,9-12,14H2,1-2H3. The van der Waals surface area contributed by atoms with Gasteiger partial charge in [-0.05, 0) is 32.0 Å². The van der Waals surface area contributed by atoms with Crippen LogP contribution < -0.4 is 4.74 Å². The molecule has 5 nitrogen and oxygen atoms in total. The Balaban J connectivity index is 1.57. The van der Waals surface area contributed by atoms with Crippen LogP contribution in [-0.4, -0.2) is 48.0 Å². The van der Waals surface area contributed by atoms with E-state index in [4.69, 9.17) is 9.15 Å². The van der Waals surface area contributed by atoms with Crippen molar-refractivity contribution in [3.63, 3.8) is 0 Å². The van der Waals surface area contributed by atoms with Gasteiger partial charge < -0.3 is 14.1 Å². The maximum Gasteiger partial charge on any atom is 0.289 e. The molecule has 1 aliphatic heterocycles. The van der Waals surface area contributed by atoms with Gasteiger partial charge in [-0.2, -0.15) is 0 Å². The van der Waals surface area contributed by atoms with Crippen LogP contribution in [0.15, 0.2) is 47.1 Å². The van der Waals surface area contributed by atoms with Gasteiger partial charge in [0, 0.05) is 38.3 Å². The van der Waals surface area contributed by atoms with E-state index in [0.717, 1.165) is 25.4 Å². The van der Waals surface area contributed by atoms with Gasteiger partial charge in [0.1, 0.15) is 5.75 Å². The number of hydrogen-bond donors (Lipinski definition) is 0. The molecule has 0 atom stereocenters. The molecule has 1 fully saturated rings. The quantitative estimate of drug-likeness (QED) is 0.846. The van der Waals surface area contributed by atoms with Crippen LogP contribution >= 0.6 is 0 Å². The Kier molecular flexibility index (Phi) is 5.20. The van der Waals surface area contributed by atoms with E-state index in [1.54, 1.807) is 12.1 Å². The van der Waals surface area contributed by atoms with Crippen molar-refractivity contribution in [2.45, 2.75) is 26.5 Å². The minimum absolute atomic E-state index is 0.0248. The summed E-state index contributed by atoms with van der Waals surface area (Å²) in [7, 11) is 0. The fraction of sp³-hybridized carbons (Fsp3) is 0.421. The lowest BCUT2D eigenvalue weighted by Crippen LogP contribution is -2.48. The van der Waals surface area contributed by atoms with E-state index in [1.165, 1.54) is 11.8 Å². The first-order chi connectivity index (χ1) is 11.6. The molecule has 24 heavy (non-hydrogen) atoms. The summed E-state index contributed by atoms with van der Waals surface area (Å²) in [5.74, 6) is 1.34. The zero-order valence-electron chi connectivity index (χ0n) is 14.3. The lowest BCUT2D eigenvalue weighted by Gasteiger charge is -2.34. The third-order valence-corrected chi connectivity index (χ3v) is 4.12. The molecule has 0 radical (unpaired) electrons. The van der Waals surface area contributed by atoms with E-state index in [9.17, 15) is 4.79 Å². The molecule has 0 N–H and O–H groups in total. The number of furan rings is 1. The van der Waals surface area contributed by atoms with Gasteiger partial charge in [-0.15, -0.1) is 0 Å². The first kappa shape index (κ1) is 16.6. The van der Waals surface area contributed by atoms with Crippen molar-refractivity contribution in [3.8, 4) is 5.75 Å². The first-order valence-electron chi connectivity index (χ1n) is 8.43. The summed E-state index contributed by atoms with van der Waals surface area (Å²) >= 11 is 0. The molecule has 0 spiro atoms. The van der Waals surface area contributed by atoms with Crippen LogP contribution in [0.2, 0.25) is 0 Å². The molecule has 128 valence electrons. The maximum atomic E-state index is 12.3. The summed E-state index contributed by atoms with van der Waals surface area (Å²) in [6, 6.07) is 11.6. The average molecular weight is 328 g/mol. The normalized spacial score (nSPS) is 15.7. The highest BCUT2D eigenvalue weighted by molar-refractivity contribution is 5.91. The molecule has 0 saturated carbocycles. The van der Waals surface area contributed by atoms with Gasteiger partial charge in [0.05, 0.1) is 12.4 Å². The highest BCUT2D eigenvalue weighted by Gasteiger charge is 2.24. The Hall–Kier alpha value is -2.27. The lowest BCUT2D eigenvalue weighted by molar-refractivity contribution is 0.0596. The minimum Gasteiger partial charge on any atom is -0.491 e. The van der Waals surface area contributed by atoms with Gasteiger partial charge in [-0.1, -0.05) is 18.2 Å². The molecule has 1 amide bonds. The van der Waals surface area contributed by atoms with Crippen molar-refractivity contribution >= 4 is 5.91 Å². The van der Waals surface area contributed by atoms with Gasteiger partial charge in [-0.25, -0.2) is 0 Å². The summed E-state index contributed by atoms with van der Waals surface area (Å²) < 4.78 is 11.1. The molecule has 2 aromatic rings. The predicted octanol–water partition coefficient (Wildman–Crippen LogP) is 3.02. The second kappa shape index (κ2) is 7.53. The summed E-state index contributed by atoms with van der Waals surface area (Å²) in [6.07, 6.45) is 1.70. The number of carbonyl (C=O) groups excluding carboxylic acids is 1. The molecule has 0 unspecified atom stereocenters. The molecular formula is C19H24N2O3. The monoisotopic (exact) mass is 328 g/mol. The van der Waals surface area contributed by atoms with E-state index >= 15 is 0 Å². The van der Waals surface area contributed by atoms with Gasteiger partial charge >= 0.3 is 0 Å². The number of piperazine rings is 1. The Morgan fingerprint density at radius 1 is 1.12 bits per heavy atom. The smallest absolute Gasteiger partial charge is 0.289 e. The van der Waals surface area contributed by atoms with Crippen molar-refractivity contribution in [2.24, 2.45) is 0 Å². The molecule has 1 aromatic carbocycles. The van der Waals surface area contributed by atoms with E-state index in [0.29, 0.717) is 18.8 Å². The summed E-state index contributed by atoms with van der Waals surface area (Å²) in [4.78, 5) is 16.5. The fourth-order valence-electron chi connectivity index (χ4n) is 2.91. The predicted molar refractivity (Wildman–Crippen MR) is 92.1 cm³/mol. The van der Waals surface area contributed by atoms with Gasteiger partial charge in [0.2, 0.25) is 0 Å². The number of para-hydroxylation sites is 1. The van der Waals surface area contributed by atoms with E-state index in [1.807, 2.05) is 36.9 Å². The van der Waals surface area contributed by atoms with Crippen molar-refractivity contribution in [1.29, 1.82) is 0 Å². The van der Waals surface area contributed by atoms with Crippen molar-refractivity contribution in [3.05, 3.63) is 54.0 Å². The maximum absolute atomic E-state index is 12.3.